The molecule has 19 heavy (non-hydrogen) atoms. The molecule has 0 bridgehead atoms. The van der Waals surface area contributed by atoms with Crippen molar-refractivity contribution >= 4 is 0 Å². The minimum atomic E-state index is 0.0490. The van der Waals surface area contributed by atoms with E-state index < -0.39 is 0 Å². The standard InChI is InChI=1S/C17H21NO/c1-14(18)16-10-5-11-17(13-16)19-12-6-9-15-7-3-2-4-8-15/h2-5,7-8,10-11,13-14H,6,9,12,18H2,1H3/t14-/m1/s1. The van der Waals surface area contributed by atoms with E-state index in [9.17, 15) is 0 Å². The molecule has 0 amide bonds. The van der Waals surface area contributed by atoms with E-state index in [1.165, 1.54) is 5.56 Å². The van der Waals surface area contributed by atoms with Crippen LogP contribution in [0, 0.1) is 0 Å². The van der Waals surface area contributed by atoms with E-state index in [4.69, 9.17) is 10.5 Å². The van der Waals surface area contributed by atoms with Gasteiger partial charge in [-0.1, -0.05) is 42.5 Å². The average Bonchev–Trinajstić information content (AvgIpc) is 2.45. The van der Waals surface area contributed by atoms with Gasteiger partial charge in [0.1, 0.15) is 5.75 Å². The van der Waals surface area contributed by atoms with E-state index in [-0.39, 0.29) is 6.04 Å². The van der Waals surface area contributed by atoms with E-state index in [0.717, 1.165) is 30.8 Å². The number of rotatable bonds is 6. The topological polar surface area (TPSA) is 35.2 Å². The van der Waals surface area contributed by atoms with Gasteiger partial charge in [-0.3, -0.25) is 0 Å². The molecule has 0 aromatic heterocycles. The van der Waals surface area contributed by atoms with Crippen LogP contribution >= 0.6 is 0 Å². The van der Waals surface area contributed by atoms with Crippen LogP contribution in [0.5, 0.6) is 5.75 Å². The second-order valence-electron chi connectivity index (χ2n) is 4.80. The molecule has 0 heterocycles. The summed E-state index contributed by atoms with van der Waals surface area (Å²) in [6.45, 7) is 2.71. The summed E-state index contributed by atoms with van der Waals surface area (Å²) >= 11 is 0. The Morgan fingerprint density at radius 3 is 2.58 bits per heavy atom. The molecule has 0 unspecified atom stereocenters. The molecule has 0 aliphatic carbocycles. The van der Waals surface area contributed by atoms with Gasteiger partial charge in [-0.2, -0.15) is 0 Å². The van der Waals surface area contributed by atoms with Crippen LogP contribution in [0.1, 0.15) is 30.5 Å². The zero-order valence-corrected chi connectivity index (χ0v) is 11.4. The second kappa shape index (κ2) is 6.95. The van der Waals surface area contributed by atoms with Gasteiger partial charge in [0.2, 0.25) is 0 Å². The molecule has 0 aliphatic rings. The van der Waals surface area contributed by atoms with Crippen molar-refractivity contribution in [3.05, 3.63) is 65.7 Å². The van der Waals surface area contributed by atoms with Crippen LogP contribution in [-0.2, 0) is 6.42 Å². The first-order chi connectivity index (χ1) is 9.25. The number of ether oxygens (including phenoxy) is 1. The maximum atomic E-state index is 5.86. The Kier molecular flexibility index (Phi) is 4.99. The Bertz CT molecular complexity index is 494. The number of benzene rings is 2. The molecule has 2 aromatic rings. The summed E-state index contributed by atoms with van der Waals surface area (Å²) in [5.74, 6) is 0.905. The molecule has 2 N–H and O–H groups in total. The Balaban J connectivity index is 1.78. The molecule has 100 valence electrons. The third-order valence-corrected chi connectivity index (χ3v) is 3.11. The summed E-state index contributed by atoms with van der Waals surface area (Å²) < 4.78 is 5.76. The van der Waals surface area contributed by atoms with Gasteiger partial charge in [-0.05, 0) is 43.0 Å². The van der Waals surface area contributed by atoms with Crippen LogP contribution in [0.4, 0.5) is 0 Å². The van der Waals surface area contributed by atoms with Crippen LogP contribution in [0.2, 0.25) is 0 Å². The Morgan fingerprint density at radius 2 is 1.84 bits per heavy atom. The van der Waals surface area contributed by atoms with Crippen molar-refractivity contribution in [2.75, 3.05) is 6.61 Å². The quantitative estimate of drug-likeness (QED) is 0.798. The van der Waals surface area contributed by atoms with Gasteiger partial charge in [-0.25, -0.2) is 0 Å². The van der Waals surface area contributed by atoms with E-state index in [0.29, 0.717) is 0 Å². The lowest BCUT2D eigenvalue weighted by Crippen LogP contribution is -2.05. The lowest BCUT2D eigenvalue weighted by Gasteiger charge is -2.10. The molecule has 0 radical (unpaired) electrons. The van der Waals surface area contributed by atoms with Crippen molar-refractivity contribution in [1.29, 1.82) is 0 Å². The van der Waals surface area contributed by atoms with Crippen molar-refractivity contribution in [2.24, 2.45) is 5.73 Å². The lowest BCUT2D eigenvalue weighted by atomic mass is 10.1. The maximum Gasteiger partial charge on any atom is 0.119 e. The summed E-state index contributed by atoms with van der Waals surface area (Å²) in [7, 11) is 0. The van der Waals surface area contributed by atoms with Crippen LogP contribution < -0.4 is 10.5 Å². The van der Waals surface area contributed by atoms with Gasteiger partial charge < -0.3 is 10.5 Å². The third-order valence-electron chi connectivity index (χ3n) is 3.11. The Morgan fingerprint density at radius 1 is 1.05 bits per heavy atom. The van der Waals surface area contributed by atoms with Crippen LogP contribution in [0.3, 0.4) is 0 Å². The minimum Gasteiger partial charge on any atom is -0.494 e. The molecule has 0 aliphatic heterocycles. The van der Waals surface area contributed by atoms with E-state index >= 15 is 0 Å². The molecule has 0 spiro atoms. The van der Waals surface area contributed by atoms with Crippen molar-refractivity contribution in [3.63, 3.8) is 0 Å². The fourth-order valence-electron chi connectivity index (χ4n) is 2.00. The molecular weight excluding hydrogens is 234 g/mol. The predicted octanol–water partition coefficient (Wildman–Crippen LogP) is 3.72. The monoisotopic (exact) mass is 255 g/mol. The van der Waals surface area contributed by atoms with Gasteiger partial charge in [0.15, 0.2) is 0 Å². The van der Waals surface area contributed by atoms with Crippen LogP contribution in [-0.4, -0.2) is 6.61 Å². The van der Waals surface area contributed by atoms with Gasteiger partial charge in [0.25, 0.3) is 0 Å². The fourth-order valence-corrected chi connectivity index (χ4v) is 2.00. The third kappa shape index (κ3) is 4.42. The maximum absolute atomic E-state index is 5.86. The fraction of sp³-hybridized carbons (Fsp3) is 0.294. The van der Waals surface area contributed by atoms with Crippen molar-refractivity contribution in [1.82, 2.24) is 0 Å². The number of hydrogen-bond acceptors (Lipinski definition) is 2. The van der Waals surface area contributed by atoms with Gasteiger partial charge >= 0.3 is 0 Å². The smallest absolute Gasteiger partial charge is 0.119 e. The molecular formula is C17H21NO. The average molecular weight is 255 g/mol. The van der Waals surface area contributed by atoms with Crippen LogP contribution in [0.15, 0.2) is 54.6 Å². The first-order valence-corrected chi connectivity index (χ1v) is 6.78. The zero-order chi connectivity index (χ0) is 13.5. The number of hydrogen-bond donors (Lipinski definition) is 1. The summed E-state index contributed by atoms with van der Waals surface area (Å²) in [6, 6.07) is 18.6. The normalized spacial score (nSPS) is 12.1. The van der Waals surface area contributed by atoms with Gasteiger partial charge in [-0.15, -0.1) is 0 Å². The molecule has 2 nitrogen and oxygen atoms in total. The minimum absolute atomic E-state index is 0.0490. The van der Waals surface area contributed by atoms with Gasteiger partial charge in [0, 0.05) is 6.04 Å². The number of nitrogens with two attached hydrogens (primary N) is 1. The molecule has 0 saturated heterocycles. The Labute approximate surface area is 115 Å². The van der Waals surface area contributed by atoms with Crippen LogP contribution in [0.25, 0.3) is 0 Å². The summed E-state index contributed by atoms with van der Waals surface area (Å²) in [5.41, 5.74) is 8.33. The van der Waals surface area contributed by atoms with Crippen molar-refractivity contribution < 1.29 is 4.74 Å². The summed E-state index contributed by atoms with van der Waals surface area (Å²) in [4.78, 5) is 0. The second-order valence-corrected chi connectivity index (χ2v) is 4.80. The summed E-state index contributed by atoms with van der Waals surface area (Å²) in [6.07, 6.45) is 2.07. The molecule has 2 aromatic carbocycles. The van der Waals surface area contributed by atoms with Gasteiger partial charge in [0.05, 0.1) is 6.61 Å². The highest BCUT2D eigenvalue weighted by Gasteiger charge is 2.01. The highest BCUT2D eigenvalue weighted by molar-refractivity contribution is 5.30. The largest absolute Gasteiger partial charge is 0.494 e. The molecule has 2 rings (SSSR count). The number of aryl methyl sites for hydroxylation is 1. The molecule has 0 fully saturated rings. The van der Waals surface area contributed by atoms with Crippen molar-refractivity contribution in [3.8, 4) is 5.75 Å². The zero-order valence-electron chi connectivity index (χ0n) is 11.4. The summed E-state index contributed by atoms with van der Waals surface area (Å²) in [5, 5.41) is 0. The first-order valence-electron chi connectivity index (χ1n) is 6.78. The van der Waals surface area contributed by atoms with E-state index in [1.54, 1.807) is 0 Å². The molecule has 0 saturated carbocycles. The lowest BCUT2D eigenvalue weighted by molar-refractivity contribution is 0.310. The predicted molar refractivity (Wildman–Crippen MR) is 79.3 cm³/mol. The van der Waals surface area contributed by atoms with E-state index in [1.807, 2.05) is 37.3 Å². The highest BCUT2D eigenvalue weighted by atomic mass is 16.5. The Hall–Kier alpha value is -1.80. The van der Waals surface area contributed by atoms with Crippen molar-refractivity contribution in [2.45, 2.75) is 25.8 Å². The molecule has 1 atom stereocenters. The first kappa shape index (κ1) is 13.6. The molecule has 2 heteroatoms. The highest BCUT2D eigenvalue weighted by Crippen LogP contribution is 2.17. The van der Waals surface area contributed by atoms with E-state index in [2.05, 4.69) is 24.3 Å². The SMILES string of the molecule is C[C@@H](N)c1cccc(OCCCc2ccccc2)c1.